The minimum absolute atomic E-state index is 0.0474. The number of nitro groups is 1. The standard InChI is InChI=1S/C21H20N6O4/c22-19-18-16(12-3-1-4-13(11-12)27(29)30)17-14(5-2-6-15(17)28)23-20(18)25-21(24-19)26-7-9-31-10-8-26/h1,3-4,11H,2,5-10H2,(H2,22,23,24,25). The molecule has 10 nitrogen and oxygen atoms in total. The number of ether oxygens (including phenoxy) is 1. The van der Waals surface area contributed by atoms with Gasteiger partial charge in [0.15, 0.2) is 11.4 Å². The van der Waals surface area contributed by atoms with E-state index in [1.165, 1.54) is 12.1 Å². The van der Waals surface area contributed by atoms with Gasteiger partial charge >= 0.3 is 0 Å². The fourth-order valence-electron chi connectivity index (χ4n) is 4.22. The van der Waals surface area contributed by atoms with Crippen molar-refractivity contribution in [1.82, 2.24) is 15.0 Å². The third-order valence-electron chi connectivity index (χ3n) is 5.67. The molecular formula is C21H20N6O4. The van der Waals surface area contributed by atoms with E-state index in [0.29, 0.717) is 84.9 Å². The average Bonchev–Trinajstić information content (AvgIpc) is 2.78. The molecule has 0 amide bonds. The molecule has 1 aliphatic carbocycles. The van der Waals surface area contributed by atoms with E-state index < -0.39 is 4.92 Å². The first-order valence-electron chi connectivity index (χ1n) is 10.1. The van der Waals surface area contributed by atoms with Crippen molar-refractivity contribution in [3.8, 4) is 11.1 Å². The quantitative estimate of drug-likeness (QED) is 0.500. The van der Waals surface area contributed by atoms with E-state index >= 15 is 0 Å². The SMILES string of the molecule is Nc1nc(N2CCOCC2)nc2nc3c(c(-c4cccc([N+](=O)[O-])c4)c12)C(=O)CCC3. The maximum Gasteiger partial charge on any atom is 0.270 e. The zero-order valence-electron chi connectivity index (χ0n) is 16.7. The molecule has 0 unspecified atom stereocenters. The number of fused-ring (bicyclic) bond motifs is 2. The highest BCUT2D eigenvalue weighted by Gasteiger charge is 2.28. The van der Waals surface area contributed by atoms with E-state index in [1.807, 2.05) is 4.90 Å². The Bertz CT molecular complexity index is 1220. The number of nitrogens with zero attached hydrogens (tertiary/aromatic N) is 5. The van der Waals surface area contributed by atoms with Crippen LogP contribution in [0, 0.1) is 10.1 Å². The molecule has 2 aliphatic rings. The molecule has 1 saturated heterocycles. The number of anilines is 2. The van der Waals surface area contributed by atoms with Gasteiger partial charge in [0.25, 0.3) is 5.69 Å². The number of benzene rings is 1. The molecule has 1 aromatic carbocycles. The maximum absolute atomic E-state index is 12.9. The number of aromatic nitrogens is 3. The van der Waals surface area contributed by atoms with Crippen LogP contribution in [0.2, 0.25) is 0 Å². The fraction of sp³-hybridized carbons (Fsp3) is 0.333. The highest BCUT2D eigenvalue weighted by molar-refractivity contribution is 6.13. The molecule has 2 N–H and O–H groups in total. The summed E-state index contributed by atoms with van der Waals surface area (Å²) in [6.07, 6.45) is 1.74. The smallest absolute Gasteiger partial charge is 0.270 e. The molecule has 31 heavy (non-hydrogen) atoms. The topological polar surface area (TPSA) is 137 Å². The number of ketones is 1. The number of carbonyl (C=O) groups is 1. The van der Waals surface area contributed by atoms with Crippen molar-refractivity contribution in [2.75, 3.05) is 36.9 Å². The average molecular weight is 420 g/mol. The van der Waals surface area contributed by atoms with Crippen LogP contribution < -0.4 is 10.6 Å². The van der Waals surface area contributed by atoms with Crippen LogP contribution in [-0.4, -0.2) is 52.0 Å². The first-order chi connectivity index (χ1) is 15.0. The molecule has 3 heterocycles. The Morgan fingerprint density at radius 3 is 2.68 bits per heavy atom. The van der Waals surface area contributed by atoms with Gasteiger partial charge in [0.2, 0.25) is 5.95 Å². The summed E-state index contributed by atoms with van der Waals surface area (Å²) < 4.78 is 5.40. The van der Waals surface area contributed by atoms with E-state index in [2.05, 4.69) is 15.0 Å². The monoisotopic (exact) mass is 420 g/mol. The summed E-state index contributed by atoms with van der Waals surface area (Å²) in [6, 6.07) is 6.20. The first-order valence-corrected chi connectivity index (χ1v) is 10.1. The predicted molar refractivity (Wildman–Crippen MR) is 114 cm³/mol. The number of non-ortho nitro benzene ring substituents is 1. The number of aryl methyl sites for hydroxylation is 1. The summed E-state index contributed by atoms with van der Waals surface area (Å²) in [5.41, 5.74) is 8.88. The molecule has 0 bridgehead atoms. The van der Waals surface area contributed by atoms with E-state index in [-0.39, 0.29) is 17.3 Å². The van der Waals surface area contributed by atoms with Crippen LogP contribution in [0.25, 0.3) is 22.2 Å². The van der Waals surface area contributed by atoms with Crippen LogP contribution in [0.5, 0.6) is 0 Å². The second-order valence-corrected chi connectivity index (χ2v) is 7.60. The van der Waals surface area contributed by atoms with Gasteiger partial charge in [0, 0.05) is 42.8 Å². The number of morpholine rings is 1. The summed E-state index contributed by atoms with van der Waals surface area (Å²) >= 11 is 0. The van der Waals surface area contributed by atoms with Crippen LogP contribution in [0.3, 0.4) is 0 Å². The van der Waals surface area contributed by atoms with Gasteiger partial charge in [0.05, 0.1) is 29.2 Å². The summed E-state index contributed by atoms with van der Waals surface area (Å²) in [4.78, 5) is 39.6. The van der Waals surface area contributed by atoms with Gasteiger partial charge < -0.3 is 15.4 Å². The van der Waals surface area contributed by atoms with Crippen LogP contribution in [0.1, 0.15) is 28.9 Å². The van der Waals surface area contributed by atoms with Gasteiger partial charge in [-0.05, 0) is 18.4 Å². The number of hydrogen-bond acceptors (Lipinski definition) is 9. The summed E-state index contributed by atoms with van der Waals surface area (Å²) in [7, 11) is 0. The minimum Gasteiger partial charge on any atom is -0.383 e. The number of hydrogen-bond donors (Lipinski definition) is 1. The lowest BCUT2D eigenvalue weighted by atomic mass is 9.86. The van der Waals surface area contributed by atoms with Gasteiger partial charge in [-0.15, -0.1) is 0 Å². The van der Waals surface area contributed by atoms with Crippen molar-refractivity contribution in [1.29, 1.82) is 0 Å². The van der Waals surface area contributed by atoms with E-state index in [1.54, 1.807) is 12.1 Å². The van der Waals surface area contributed by atoms with Gasteiger partial charge in [-0.25, -0.2) is 4.98 Å². The number of Topliss-reactive ketones (excluding diaryl/α,β-unsaturated/α-hetero) is 1. The summed E-state index contributed by atoms with van der Waals surface area (Å²) in [5.74, 6) is 0.614. The number of pyridine rings is 1. The Morgan fingerprint density at radius 2 is 1.90 bits per heavy atom. The molecule has 0 radical (unpaired) electrons. The summed E-state index contributed by atoms with van der Waals surface area (Å²) in [6.45, 7) is 2.44. The normalized spacial score (nSPS) is 16.4. The van der Waals surface area contributed by atoms with Crippen LogP contribution in [-0.2, 0) is 11.2 Å². The van der Waals surface area contributed by atoms with Gasteiger partial charge in [-0.1, -0.05) is 12.1 Å². The molecule has 0 atom stereocenters. The third kappa shape index (κ3) is 3.34. The molecule has 1 fully saturated rings. The molecular weight excluding hydrogens is 400 g/mol. The van der Waals surface area contributed by atoms with Crippen LogP contribution in [0.15, 0.2) is 24.3 Å². The third-order valence-corrected chi connectivity index (χ3v) is 5.67. The Kier molecular flexibility index (Phi) is 4.70. The lowest BCUT2D eigenvalue weighted by Crippen LogP contribution is -2.37. The molecule has 2 aromatic heterocycles. The summed E-state index contributed by atoms with van der Waals surface area (Å²) in [5, 5.41) is 11.8. The van der Waals surface area contributed by atoms with Gasteiger partial charge in [-0.2, -0.15) is 9.97 Å². The zero-order valence-corrected chi connectivity index (χ0v) is 16.7. The van der Waals surface area contributed by atoms with E-state index in [9.17, 15) is 14.9 Å². The Hall–Kier alpha value is -3.66. The van der Waals surface area contributed by atoms with E-state index in [0.717, 1.165) is 0 Å². The lowest BCUT2D eigenvalue weighted by Gasteiger charge is -2.27. The molecule has 0 saturated carbocycles. The van der Waals surface area contributed by atoms with Gasteiger partial charge in [-0.3, -0.25) is 14.9 Å². The van der Waals surface area contributed by atoms with Crippen molar-refractivity contribution >= 4 is 34.3 Å². The second-order valence-electron chi connectivity index (χ2n) is 7.60. The Morgan fingerprint density at radius 1 is 1.10 bits per heavy atom. The number of carbonyl (C=O) groups excluding carboxylic acids is 1. The molecule has 5 rings (SSSR count). The predicted octanol–water partition coefficient (Wildman–Crippen LogP) is 2.54. The minimum atomic E-state index is -0.461. The molecule has 3 aromatic rings. The zero-order chi connectivity index (χ0) is 21.5. The van der Waals surface area contributed by atoms with Crippen molar-refractivity contribution in [2.45, 2.75) is 19.3 Å². The molecule has 158 valence electrons. The van der Waals surface area contributed by atoms with Crippen molar-refractivity contribution in [3.63, 3.8) is 0 Å². The Labute approximate surface area is 177 Å². The lowest BCUT2D eigenvalue weighted by molar-refractivity contribution is -0.384. The second kappa shape index (κ2) is 7.55. The highest BCUT2D eigenvalue weighted by Crippen LogP contribution is 2.39. The van der Waals surface area contributed by atoms with Crippen LogP contribution >= 0.6 is 0 Å². The molecule has 1 aliphatic heterocycles. The number of nitro benzene ring substituents is 1. The van der Waals surface area contributed by atoms with Crippen molar-refractivity contribution < 1.29 is 14.5 Å². The number of rotatable bonds is 3. The van der Waals surface area contributed by atoms with Crippen molar-refractivity contribution in [3.05, 3.63) is 45.6 Å². The number of nitrogen functional groups attached to an aromatic ring is 1. The Balaban J connectivity index is 1.79. The maximum atomic E-state index is 12.9. The van der Waals surface area contributed by atoms with Crippen molar-refractivity contribution in [2.24, 2.45) is 0 Å². The highest BCUT2D eigenvalue weighted by atomic mass is 16.6. The largest absolute Gasteiger partial charge is 0.383 e. The molecule has 10 heteroatoms. The molecule has 0 spiro atoms. The van der Waals surface area contributed by atoms with E-state index in [4.69, 9.17) is 10.5 Å². The van der Waals surface area contributed by atoms with Gasteiger partial charge in [0.1, 0.15) is 5.82 Å². The first kappa shape index (κ1) is 19.3. The number of nitrogens with two attached hydrogens (primary N) is 1. The van der Waals surface area contributed by atoms with Crippen LogP contribution in [0.4, 0.5) is 17.5 Å². The fourth-order valence-corrected chi connectivity index (χ4v) is 4.22.